The van der Waals surface area contributed by atoms with Gasteiger partial charge in [-0.05, 0) is 140 Å². The predicted molar refractivity (Wildman–Crippen MR) is 316 cm³/mol. The van der Waals surface area contributed by atoms with Crippen LogP contribution in [-0.4, -0.2) is 73.9 Å². The first-order chi connectivity index (χ1) is 36.3. The number of rotatable bonds is 26. The van der Waals surface area contributed by atoms with Gasteiger partial charge in [0.15, 0.2) is 5.71 Å². The lowest BCUT2D eigenvalue weighted by Gasteiger charge is -2.29. The smallest absolute Gasteiger partial charge is 0.264 e. The minimum Gasteiger partial charge on any atom is -0.457 e. The van der Waals surface area contributed by atoms with Gasteiger partial charge in [-0.3, -0.25) is 9.11 Å². The Kier molecular flexibility index (Phi) is 18.2. The van der Waals surface area contributed by atoms with E-state index in [1.807, 2.05) is 0 Å². The van der Waals surface area contributed by atoms with Crippen LogP contribution >= 0.6 is 0 Å². The van der Waals surface area contributed by atoms with Crippen molar-refractivity contribution in [3.05, 3.63) is 155 Å². The number of fused-ring (bicyclic) bond motifs is 6. The number of hydrogen-bond donors (Lipinski definition) is 2. The molecule has 2 N–H and O–H groups in total. The van der Waals surface area contributed by atoms with Gasteiger partial charge in [-0.1, -0.05) is 133 Å². The van der Waals surface area contributed by atoms with E-state index in [4.69, 9.17) is 11.3 Å². The Labute approximate surface area is 454 Å². The summed E-state index contributed by atoms with van der Waals surface area (Å²) in [5.74, 6) is 0.943. The standard InChI is InChI=1S/C64H81N3O7S2/c1-8-10-12-18-41-65(42-19-13-11-9-2)51-34-36-52(37-35-51)74-61-50(33-40-58-63(4,5)59-54-28-16-14-25-48(54)31-38-56(59)66(58)43-20-22-45-75(68,69)70)27-24-30-53(61)47(3)62-64(6,7)60-55-29-17-15-26-49(55)32-39-57(60)67(62)44-21-23-46-76(71,72)73/h14-17,25-26,28-29,31-40H,3,8-13,18-24,27,30,41-46H2,1-2,4-7H3,(H-,68,69,70,71,72,73)/p+1/b50-33+,58-40+. The zero-order valence-electron chi connectivity index (χ0n) is 46.0. The minimum absolute atomic E-state index is 0.286. The zero-order valence-corrected chi connectivity index (χ0v) is 47.7. The lowest BCUT2D eigenvalue weighted by Crippen LogP contribution is -2.33. The maximum atomic E-state index is 11.9. The highest BCUT2D eigenvalue weighted by molar-refractivity contribution is 7.86. The summed E-state index contributed by atoms with van der Waals surface area (Å²) in [4.78, 5) is 4.88. The molecular weight excluding hydrogens is 987 g/mol. The zero-order chi connectivity index (χ0) is 54.3. The topological polar surface area (TPSA) is 127 Å². The summed E-state index contributed by atoms with van der Waals surface area (Å²) < 4.78 is 76.4. The van der Waals surface area contributed by atoms with Gasteiger partial charge in [0, 0.05) is 71.3 Å². The first-order valence-corrected chi connectivity index (χ1v) is 31.3. The lowest BCUT2D eigenvalue weighted by atomic mass is 9.74. The molecule has 5 aromatic carbocycles. The van der Waals surface area contributed by atoms with Gasteiger partial charge in [0.2, 0.25) is 5.69 Å². The van der Waals surface area contributed by atoms with Crippen LogP contribution in [0, 0.1) is 0 Å². The second-order valence-corrected chi connectivity index (χ2v) is 25.5. The normalized spacial score (nSPS) is 17.3. The number of ether oxygens (including phenoxy) is 1. The van der Waals surface area contributed by atoms with Gasteiger partial charge in [0.1, 0.15) is 18.1 Å². The van der Waals surface area contributed by atoms with Gasteiger partial charge >= 0.3 is 0 Å². The van der Waals surface area contributed by atoms with Crippen LogP contribution in [-0.2, 0) is 31.1 Å². The molecule has 10 nitrogen and oxygen atoms in total. The highest BCUT2D eigenvalue weighted by atomic mass is 32.2. The molecule has 3 aliphatic rings. The van der Waals surface area contributed by atoms with Crippen LogP contribution in [0.5, 0.6) is 5.75 Å². The van der Waals surface area contributed by atoms with Gasteiger partial charge in [-0.25, -0.2) is 0 Å². The fourth-order valence-corrected chi connectivity index (χ4v) is 13.5. The second kappa shape index (κ2) is 24.4. The maximum absolute atomic E-state index is 11.9. The number of hydrogen-bond acceptors (Lipinski definition) is 7. The number of benzene rings is 5. The third kappa shape index (κ3) is 12.9. The summed E-state index contributed by atoms with van der Waals surface area (Å²) in [5, 5.41) is 4.65. The van der Waals surface area contributed by atoms with Crippen LogP contribution in [0.1, 0.15) is 149 Å². The summed E-state index contributed by atoms with van der Waals surface area (Å²) in [6.45, 7) is 21.7. The van der Waals surface area contributed by atoms with Crippen LogP contribution in [0.25, 0.3) is 21.5 Å². The predicted octanol–water partition coefficient (Wildman–Crippen LogP) is 15.4. The monoisotopic (exact) mass is 1070 g/mol. The van der Waals surface area contributed by atoms with Gasteiger partial charge in [-0.2, -0.15) is 21.4 Å². The van der Waals surface area contributed by atoms with Crippen molar-refractivity contribution in [3.8, 4) is 5.75 Å². The van der Waals surface area contributed by atoms with Crippen LogP contribution in [0.4, 0.5) is 17.1 Å². The molecule has 0 bridgehead atoms. The van der Waals surface area contributed by atoms with E-state index in [9.17, 15) is 25.9 Å². The van der Waals surface area contributed by atoms with Crippen molar-refractivity contribution in [1.29, 1.82) is 0 Å². The summed E-state index contributed by atoms with van der Waals surface area (Å²) in [6.07, 6.45) is 18.3. The highest BCUT2D eigenvalue weighted by Gasteiger charge is 2.49. The first kappa shape index (κ1) is 56.7. The molecular formula is C64H82N3O7S2+. The molecule has 0 amide bonds. The third-order valence-corrected chi connectivity index (χ3v) is 17.6. The van der Waals surface area contributed by atoms with Crippen LogP contribution in [0.15, 0.2) is 144 Å². The van der Waals surface area contributed by atoms with Crippen molar-refractivity contribution in [2.45, 2.75) is 149 Å². The van der Waals surface area contributed by atoms with E-state index in [2.05, 4.69) is 165 Å². The van der Waals surface area contributed by atoms with E-state index in [0.29, 0.717) is 38.8 Å². The second-order valence-electron chi connectivity index (χ2n) is 22.3. The molecule has 0 saturated carbocycles. The lowest BCUT2D eigenvalue weighted by molar-refractivity contribution is -0.438. The molecule has 406 valence electrons. The molecule has 76 heavy (non-hydrogen) atoms. The van der Waals surface area contributed by atoms with Gasteiger partial charge in [0.25, 0.3) is 20.2 Å². The van der Waals surface area contributed by atoms with Crippen LogP contribution in [0.3, 0.4) is 0 Å². The van der Waals surface area contributed by atoms with E-state index >= 15 is 0 Å². The molecule has 2 heterocycles. The average molecular weight is 1070 g/mol. The molecule has 0 radical (unpaired) electrons. The fraction of sp³-hybridized carbons (Fsp3) is 0.453. The Bertz CT molecular complexity index is 3260. The number of unbranched alkanes of at least 4 members (excludes halogenated alkanes) is 8. The molecule has 0 fully saturated rings. The van der Waals surface area contributed by atoms with Gasteiger partial charge < -0.3 is 14.5 Å². The van der Waals surface area contributed by atoms with Crippen molar-refractivity contribution in [2.75, 3.05) is 47.5 Å². The van der Waals surface area contributed by atoms with E-state index in [1.54, 1.807) is 0 Å². The molecule has 2 aliphatic heterocycles. The number of nitrogens with zero attached hydrogens (tertiary/aromatic N) is 3. The Morgan fingerprint density at radius 3 is 1.88 bits per heavy atom. The van der Waals surface area contributed by atoms with Crippen LogP contribution in [0.2, 0.25) is 0 Å². The molecule has 0 saturated heterocycles. The van der Waals surface area contributed by atoms with E-state index < -0.39 is 31.1 Å². The molecule has 8 rings (SSSR count). The summed E-state index contributed by atoms with van der Waals surface area (Å²) in [5.41, 5.74) is 9.97. The molecule has 12 heteroatoms. The van der Waals surface area contributed by atoms with Crippen molar-refractivity contribution in [3.63, 3.8) is 0 Å². The van der Waals surface area contributed by atoms with Crippen molar-refractivity contribution < 1.29 is 35.3 Å². The molecule has 0 atom stereocenters. The minimum atomic E-state index is -4.12. The van der Waals surface area contributed by atoms with E-state index in [1.165, 1.54) is 60.7 Å². The number of anilines is 2. The summed E-state index contributed by atoms with van der Waals surface area (Å²) in [6, 6.07) is 34.3. The molecule has 0 unspecified atom stereocenters. The first-order valence-electron chi connectivity index (χ1n) is 28.1. The Morgan fingerprint density at radius 2 is 1.26 bits per heavy atom. The fourth-order valence-electron chi connectivity index (χ4n) is 12.3. The Balaban J connectivity index is 1.25. The van der Waals surface area contributed by atoms with Crippen LogP contribution < -0.4 is 14.5 Å². The molecule has 0 spiro atoms. The highest BCUT2D eigenvalue weighted by Crippen LogP contribution is 2.52. The van der Waals surface area contributed by atoms with E-state index in [-0.39, 0.29) is 11.5 Å². The molecule has 1 aliphatic carbocycles. The summed E-state index contributed by atoms with van der Waals surface area (Å²) in [7, 11) is -8.21. The Hall–Kier alpha value is -5.53. The van der Waals surface area contributed by atoms with Crippen molar-refractivity contribution in [2.24, 2.45) is 0 Å². The Morgan fingerprint density at radius 1 is 0.671 bits per heavy atom. The summed E-state index contributed by atoms with van der Waals surface area (Å²) >= 11 is 0. The maximum Gasteiger partial charge on any atom is 0.264 e. The largest absolute Gasteiger partial charge is 0.457 e. The molecule has 0 aromatic heterocycles. The van der Waals surface area contributed by atoms with Gasteiger partial charge in [0.05, 0.1) is 16.9 Å². The SMILES string of the molecule is C=C(C1=C(Oc2ccc(N(CCCCCC)CCCCCC)cc2)/C(=C/C=C2/N(CCCCS(=O)(=O)O)c3ccc4ccccc4c3C2(C)C)CCC1)C1=[N+](CCCCS(=O)(=O)O)c2ccc3ccccc3c2C1(C)C. The van der Waals surface area contributed by atoms with E-state index in [0.717, 1.165) is 112 Å². The molecule has 5 aromatic rings. The average Bonchev–Trinajstić information content (AvgIpc) is 3.79. The van der Waals surface area contributed by atoms with Crippen molar-refractivity contribution >= 4 is 64.6 Å². The van der Waals surface area contributed by atoms with Gasteiger partial charge in [-0.15, -0.1) is 0 Å². The quantitative estimate of drug-likeness (QED) is 0.0316. The third-order valence-electron chi connectivity index (χ3n) is 16.0. The van der Waals surface area contributed by atoms with Crippen molar-refractivity contribution in [1.82, 2.24) is 0 Å². The number of allylic oxidation sites excluding steroid dienone is 6.